The van der Waals surface area contributed by atoms with E-state index in [1.165, 1.54) is 37.9 Å². The van der Waals surface area contributed by atoms with Crippen molar-refractivity contribution < 1.29 is 4.18 Å². The van der Waals surface area contributed by atoms with Gasteiger partial charge in [-0.1, -0.05) is 120 Å². The second kappa shape index (κ2) is 7.89. The number of para-hydroxylation sites is 1. The van der Waals surface area contributed by atoms with E-state index >= 15 is 0 Å². The fourth-order valence-corrected chi connectivity index (χ4v) is 8.28. The molecule has 0 saturated heterocycles. The van der Waals surface area contributed by atoms with E-state index in [2.05, 4.69) is 121 Å². The van der Waals surface area contributed by atoms with Gasteiger partial charge in [0.1, 0.15) is 5.75 Å². The maximum atomic E-state index is 7.21. The number of hydrogen-bond acceptors (Lipinski definition) is 1. The summed E-state index contributed by atoms with van der Waals surface area (Å²) in [6.45, 7) is 0. The van der Waals surface area contributed by atoms with E-state index in [-0.39, 0.29) is 0 Å². The van der Waals surface area contributed by atoms with Gasteiger partial charge in [-0.3, -0.25) is 0 Å². The summed E-state index contributed by atoms with van der Waals surface area (Å²) in [7, 11) is -1.72. The molecule has 0 amide bonds. The van der Waals surface area contributed by atoms with Crippen LogP contribution in [-0.2, 0) is 11.5 Å². The smallest absolute Gasteiger partial charge is 0.143 e. The van der Waals surface area contributed by atoms with E-state index in [9.17, 15) is 0 Å². The Morgan fingerprint density at radius 2 is 1.28 bits per heavy atom. The topological polar surface area (TPSA) is 9.23 Å². The van der Waals surface area contributed by atoms with Crippen LogP contribution in [-0.4, -0.2) is 0 Å². The van der Waals surface area contributed by atoms with Crippen molar-refractivity contribution in [2.45, 2.75) is 16.4 Å². The van der Waals surface area contributed by atoms with Crippen LogP contribution in [0.1, 0.15) is 11.1 Å². The van der Waals surface area contributed by atoms with Gasteiger partial charge in [0.15, 0.2) is 0 Å². The minimum absolute atomic E-state index is 0.879. The maximum Gasteiger partial charge on any atom is 0.143 e. The minimum atomic E-state index is -1.72. The highest BCUT2D eigenvalue weighted by molar-refractivity contribution is 8.29. The average molecular weight is 433 g/mol. The van der Waals surface area contributed by atoms with E-state index in [0.717, 1.165) is 17.3 Å². The van der Waals surface area contributed by atoms with Crippen molar-refractivity contribution in [3.05, 3.63) is 132 Å². The molecule has 1 aliphatic heterocycles. The minimum Gasteiger partial charge on any atom is -0.443 e. The van der Waals surface area contributed by atoms with Crippen LogP contribution in [0.5, 0.6) is 5.75 Å². The van der Waals surface area contributed by atoms with Gasteiger partial charge in [0.2, 0.25) is 0 Å². The first-order valence-corrected chi connectivity index (χ1v) is 12.9. The molecule has 1 nitrogen and oxygen atoms in total. The van der Waals surface area contributed by atoms with Gasteiger partial charge in [-0.25, -0.2) is 0 Å². The van der Waals surface area contributed by atoms with Crippen LogP contribution < -0.4 is 4.18 Å². The molecule has 0 spiro atoms. The Morgan fingerprint density at radius 1 is 0.594 bits per heavy atom. The Kier molecular flexibility index (Phi) is 4.74. The van der Waals surface area contributed by atoms with E-state index in [1.54, 1.807) is 0 Å². The average Bonchev–Trinajstić information content (AvgIpc) is 2.99. The number of rotatable bonds is 3. The molecule has 0 N–H and O–H groups in total. The number of benzene rings is 5. The summed E-state index contributed by atoms with van der Waals surface area (Å²) < 4.78 is 7.21. The molecule has 0 saturated carbocycles. The Bertz CT molecular complexity index is 1350. The zero-order chi connectivity index (χ0) is 21.4. The van der Waals surface area contributed by atoms with Crippen LogP contribution in [0, 0.1) is 0 Å². The molecule has 0 aliphatic carbocycles. The molecular weight excluding hydrogens is 408 g/mol. The zero-order valence-corrected chi connectivity index (χ0v) is 18.6. The second-order valence-electron chi connectivity index (χ2n) is 8.30. The van der Waals surface area contributed by atoms with Gasteiger partial charge >= 0.3 is 0 Å². The molecule has 2 heteroatoms. The molecule has 0 aromatic heterocycles. The molecule has 0 radical (unpaired) electrons. The van der Waals surface area contributed by atoms with Gasteiger partial charge in [0, 0.05) is 22.0 Å². The lowest BCUT2D eigenvalue weighted by Gasteiger charge is -2.40. The standard InChI is InChI=1S/C30H24OS/c1-2-11-23(12-3-1)21-32(30-20-10-15-24-13-4-7-17-27(24)30)22-25-14-5-6-16-26(25)28-18-8-9-19-29(28)31-32/h1-20H,21-22H2. The third-order valence-corrected chi connectivity index (χ3v) is 9.46. The number of hydrogen-bond donors (Lipinski definition) is 0. The predicted molar refractivity (Wildman–Crippen MR) is 136 cm³/mol. The molecule has 0 fully saturated rings. The monoisotopic (exact) mass is 432 g/mol. The highest BCUT2D eigenvalue weighted by Crippen LogP contribution is 2.65. The highest BCUT2D eigenvalue weighted by Gasteiger charge is 2.35. The summed E-state index contributed by atoms with van der Waals surface area (Å²) >= 11 is 0. The van der Waals surface area contributed by atoms with Crippen LogP contribution in [0.15, 0.2) is 126 Å². The van der Waals surface area contributed by atoms with E-state index in [4.69, 9.17) is 4.18 Å². The molecule has 1 unspecified atom stereocenters. The second-order valence-corrected chi connectivity index (χ2v) is 11.1. The summed E-state index contributed by atoms with van der Waals surface area (Å²) in [4.78, 5) is 1.32. The van der Waals surface area contributed by atoms with Gasteiger partial charge in [0.25, 0.3) is 0 Å². The van der Waals surface area contributed by atoms with Crippen molar-refractivity contribution in [2.75, 3.05) is 0 Å². The zero-order valence-electron chi connectivity index (χ0n) is 17.8. The van der Waals surface area contributed by atoms with Crippen LogP contribution in [0.3, 0.4) is 0 Å². The van der Waals surface area contributed by atoms with Gasteiger partial charge in [0.05, 0.1) is 0 Å². The van der Waals surface area contributed by atoms with Gasteiger partial charge in [-0.15, -0.1) is 0 Å². The molecular formula is C30H24OS. The molecule has 1 aliphatic rings. The Labute approximate surface area is 190 Å². The first-order chi connectivity index (χ1) is 15.8. The van der Waals surface area contributed by atoms with Crippen molar-refractivity contribution in [1.82, 2.24) is 0 Å². The van der Waals surface area contributed by atoms with Crippen LogP contribution >= 0.6 is 10.3 Å². The first-order valence-electron chi connectivity index (χ1n) is 11.0. The molecule has 1 heterocycles. The van der Waals surface area contributed by atoms with Crippen LogP contribution in [0.2, 0.25) is 0 Å². The molecule has 1 atom stereocenters. The fraction of sp³-hybridized carbons (Fsp3) is 0.0667. The number of fused-ring (bicyclic) bond motifs is 4. The third-order valence-electron chi connectivity index (χ3n) is 6.23. The van der Waals surface area contributed by atoms with Gasteiger partial charge in [-0.2, -0.15) is 0 Å². The Hall–Kier alpha value is -3.49. The lowest BCUT2D eigenvalue weighted by atomic mass is 10.00. The summed E-state index contributed by atoms with van der Waals surface area (Å²) in [5.74, 6) is 2.75. The lowest BCUT2D eigenvalue weighted by Crippen LogP contribution is -2.14. The first kappa shape index (κ1) is 19.2. The third kappa shape index (κ3) is 3.28. The fourth-order valence-electron chi connectivity index (χ4n) is 4.77. The molecule has 0 bridgehead atoms. The Balaban J connectivity index is 1.65. The van der Waals surface area contributed by atoms with Crippen LogP contribution in [0.25, 0.3) is 21.9 Å². The van der Waals surface area contributed by atoms with Crippen LogP contribution in [0.4, 0.5) is 0 Å². The molecule has 5 aromatic carbocycles. The quantitative estimate of drug-likeness (QED) is 0.278. The molecule has 32 heavy (non-hydrogen) atoms. The van der Waals surface area contributed by atoms with Crippen molar-refractivity contribution in [2.24, 2.45) is 0 Å². The van der Waals surface area contributed by atoms with E-state index in [1.807, 2.05) is 0 Å². The van der Waals surface area contributed by atoms with Gasteiger partial charge < -0.3 is 4.18 Å². The molecule has 156 valence electrons. The highest BCUT2D eigenvalue weighted by atomic mass is 32.3. The van der Waals surface area contributed by atoms with Crippen molar-refractivity contribution in [3.63, 3.8) is 0 Å². The summed E-state index contributed by atoms with van der Waals surface area (Å²) in [6, 6.07) is 43.5. The molecule has 5 aromatic rings. The summed E-state index contributed by atoms with van der Waals surface area (Å²) in [5.41, 5.74) is 5.14. The SMILES string of the molecule is c1ccc(CS2(c3cccc4ccccc34)Cc3ccccc3-c3ccccc3O2)cc1. The Morgan fingerprint density at radius 3 is 2.19 bits per heavy atom. The van der Waals surface area contributed by atoms with E-state index in [0.29, 0.717) is 0 Å². The maximum absolute atomic E-state index is 7.21. The van der Waals surface area contributed by atoms with Crippen molar-refractivity contribution in [1.29, 1.82) is 0 Å². The van der Waals surface area contributed by atoms with Crippen molar-refractivity contribution >= 4 is 21.1 Å². The van der Waals surface area contributed by atoms with E-state index < -0.39 is 10.3 Å². The normalized spacial score (nSPS) is 19.1. The summed E-state index contributed by atoms with van der Waals surface area (Å²) in [5, 5.41) is 2.55. The predicted octanol–water partition coefficient (Wildman–Crippen LogP) is 8.38. The van der Waals surface area contributed by atoms with Crippen molar-refractivity contribution in [3.8, 4) is 16.9 Å². The lowest BCUT2D eigenvalue weighted by molar-refractivity contribution is 0.616. The van der Waals surface area contributed by atoms with Gasteiger partial charge in [-0.05, 0) is 39.6 Å². The summed E-state index contributed by atoms with van der Waals surface area (Å²) in [6.07, 6.45) is 0. The largest absolute Gasteiger partial charge is 0.443 e. The molecule has 6 rings (SSSR count).